The smallest absolute Gasteiger partial charge is 0.337 e. The van der Waals surface area contributed by atoms with E-state index in [0.717, 1.165) is 44.6 Å². The number of nitrogens with zero attached hydrogens (tertiary/aromatic N) is 4. The van der Waals surface area contributed by atoms with Gasteiger partial charge in [0.05, 0.1) is 17.3 Å². The lowest BCUT2D eigenvalue weighted by atomic mass is 10.0. The quantitative estimate of drug-likeness (QED) is 0.263. The van der Waals surface area contributed by atoms with Crippen LogP contribution in [0.3, 0.4) is 0 Å². The molecule has 3 heterocycles. The van der Waals surface area contributed by atoms with Gasteiger partial charge in [0.15, 0.2) is 0 Å². The minimum absolute atomic E-state index is 0.144. The van der Waals surface area contributed by atoms with Crippen molar-refractivity contribution in [3.63, 3.8) is 0 Å². The zero-order valence-electron chi connectivity index (χ0n) is 24.3. The Labute approximate surface area is 249 Å². The van der Waals surface area contributed by atoms with Crippen LogP contribution in [0.2, 0.25) is 0 Å². The van der Waals surface area contributed by atoms with Crippen molar-refractivity contribution >= 4 is 17.3 Å². The number of aromatic carboxylic acids is 1. The number of carboxylic acid groups (broad SMARTS) is 1. The van der Waals surface area contributed by atoms with Crippen LogP contribution in [-0.4, -0.2) is 67.8 Å². The van der Waals surface area contributed by atoms with Gasteiger partial charge in [0.2, 0.25) is 0 Å². The average Bonchev–Trinajstić information content (AvgIpc) is 3.84. The van der Waals surface area contributed by atoms with Gasteiger partial charge in [-0.1, -0.05) is 24.3 Å². The first-order chi connectivity index (χ1) is 20.7. The second-order valence-corrected chi connectivity index (χ2v) is 11.7. The number of nitrogens with one attached hydrogen (secondary N) is 1. The number of aliphatic hydroxyl groups is 1. The Bertz CT molecular complexity index is 1730. The third kappa shape index (κ3) is 6.17. The summed E-state index contributed by atoms with van der Waals surface area (Å²) in [6.07, 6.45) is 3.54. The summed E-state index contributed by atoms with van der Waals surface area (Å²) in [4.78, 5) is 34.1. The van der Waals surface area contributed by atoms with Crippen molar-refractivity contribution in [2.45, 2.75) is 45.5 Å². The number of hydrogen-bond donors (Lipinski definition) is 3. The molecule has 1 saturated carbocycles. The number of fused-ring (bicyclic) bond motifs is 1. The maximum absolute atomic E-state index is 15.4. The lowest BCUT2D eigenvalue weighted by Gasteiger charge is -2.37. The first-order valence-electron chi connectivity index (χ1n) is 14.7. The molecule has 2 atom stereocenters. The number of aryl methyl sites for hydroxylation is 1. The molecule has 2 aliphatic rings. The Morgan fingerprint density at radius 3 is 2.53 bits per heavy atom. The first kappa shape index (κ1) is 29.0. The number of halogens is 1. The average molecular weight is 586 g/mol. The maximum Gasteiger partial charge on any atom is 0.337 e. The van der Waals surface area contributed by atoms with Crippen molar-refractivity contribution in [2.75, 3.05) is 31.5 Å². The Hall–Kier alpha value is -4.12. The highest BCUT2D eigenvalue weighted by atomic mass is 19.1. The van der Waals surface area contributed by atoms with E-state index in [1.54, 1.807) is 36.5 Å². The van der Waals surface area contributed by atoms with E-state index in [4.69, 9.17) is 4.98 Å². The summed E-state index contributed by atoms with van der Waals surface area (Å²) < 4.78 is 16.9. The highest BCUT2D eigenvalue weighted by Gasteiger charge is 2.35. The molecule has 2 aromatic carbocycles. The van der Waals surface area contributed by atoms with E-state index in [1.807, 2.05) is 19.9 Å². The Morgan fingerprint density at radius 1 is 1.09 bits per heavy atom. The number of anilines is 1. The summed E-state index contributed by atoms with van der Waals surface area (Å²) in [6.45, 7) is 7.28. The summed E-state index contributed by atoms with van der Waals surface area (Å²) >= 11 is 0. The van der Waals surface area contributed by atoms with Gasteiger partial charge in [0, 0.05) is 67.4 Å². The van der Waals surface area contributed by atoms with Crippen molar-refractivity contribution in [1.82, 2.24) is 19.2 Å². The third-order valence-corrected chi connectivity index (χ3v) is 8.49. The molecular weight excluding hydrogens is 549 g/mol. The lowest BCUT2D eigenvalue weighted by Crippen LogP contribution is -2.50. The first-order valence-corrected chi connectivity index (χ1v) is 14.7. The topological polar surface area (TPSA) is 110 Å². The standard InChI is InChI=1S/C33H36FN5O4/c1-20-15-26(21(2)35-28-6-4-3-5-25(28)33(42)43)31-36-29(17-30(40)39(31)18-20)23-9-10-24(27(34)16-23)19-37-11-13-38(14-12-37)32(41)22-7-8-22/h3-6,9-10,15-18,21-22,32,35,41H,7-8,11-14,19H2,1-2H3,(H,42,43)/t21-,32?/m1/s1. The van der Waals surface area contributed by atoms with Crippen LogP contribution in [0.25, 0.3) is 16.9 Å². The fraction of sp³-hybridized carbons (Fsp3) is 0.364. The lowest BCUT2D eigenvalue weighted by molar-refractivity contribution is -0.0398. The van der Waals surface area contributed by atoms with Gasteiger partial charge in [0.1, 0.15) is 17.7 Å². The Morgan fingerprint density at radius 2 is 1.84 bits per heavy atom. The number of rotatable bonds is 9. The van der Waals surface area contributed by atoms with Crippen LogP contribution >= 0.6 is 0 Å². The van der Waals surface area contributed by atoms with Gasteiger partial charge in [-0.3, -0.25) is 19.0 Å². The molecule has 0 radical (unpaired) electrons. The summed E-state index contributed by atoms with van der Waals surface area (Å²) in [5.41, 5.74) is 3.71. The molecule has 224 valence electrons. The van der Waals surface area contributed by atoms with Crippen LogP contribution in [0.5, 0.6) is 0 Å². The van der Waals surface area contributed by atoms with Crippen LogP contribution < -0.4 is 10.9 Å². The van der Waals surface area contributed by atoms with E-state index in [0.29, 0.717) is 46.2 Å². The molecule has 0 spiro atoms. The molecule has 0 bridgehead atoms. The number of benzene rings is 2. The van der Waals surface area contributed by atoms with Gasteiger partial charge in [-0.2, -0.15) is 0 Å². The highest BCUT2D eigenvalue weighted by Crippen LogP contribution is 2.34. The summed E-state index contributed by atoms with van der Waals surface area (Å²) in [6, 6.07) is 14.6. The molecule has 2 fully saturated rings. The van der Waals surface area contributed by atoms with Gasteiger partial charge >= 0.3 is 5.97 Å². The van der Waals surface area contributed by atoms with Crippen LogP contribution in [-0.2, 0) is 6.54 Å². The van der Waals surface area contributed by atoms with Crippen LogP contribution in [0.1, 0.15) is 52.9 Å². The largest absolute Gasteiger partial charge is 0.478 e. The molecule has 1 aliphatic heterocycles. The fourth-order valence-corrected chi connectivity index (χ4v) is 5.90. The molecule has 10 heteroatoms. The molecule has 1 saturated heterocycles. The van der Waals surface area contributed by atoms with E-state index in [-0.39, 0.29) is 29.2 Å². The highest BCUT2D eigenvalue weighted by molar-refractivity contribution is 5.94. The number of aliphatic hydroxyl groups excluding tert-OH is 1. The molecular formula is C33H36FN5O4. The zero-order valence-corrected chi connectivity index (χ0v) is 24.3. The number of para-hydroxylation sites is 1. The zero-order chi connectivity index (χ0) is 30.2. The number of pyridine rings is 1. The van der Waals surface area contributed by atoms with Crippen LogP contribution in [0.4, 0.5) is 10.1 Å². The van der Waals surface area contributed by atoms with Crippen molar-refractivity contribution in [1.29, 1.82) is 0 Å². The molecule has 4 aromatic rings. The van der Waals surface area contributed by atoms with Crippen LogP contribution in [0, 0.1) is 18.7 Å². The normalized spacial score (nSPS) is 17.6. The minimum Gasteiger partial charge on any atom is -0.478 e. The van der Waals surface area contributed by atoms with E-state index in [9.17, 15) is 19.8 Å². The van der Waals surface area contributed by atoms with Gasteiger partial charge in [-0.15, -0.1) is 0 Å². The molecule has 3 N–H and O–H groups in total. The van der Waals surface area contributed by atoms with E-state index < -0.39 is 5.97 Å². The Kier molecular flexibility index (Phi) is 8.00. The van der Waals surface area contributed by atoms with Gasteiger partial charge in [0.25, 0.3) is 5.56 Å². The van der Waals surface area contributed by atoms with E-state index in [1.165, 1.54) is 22.6 Å². The van der Waals surface area contributed by atoms with E-state index in [2.05, 4.69) is 15.1 Å². The van der Waals surface area contributed by atoms with Gasteiger partial charge < -0.3 is 15.5 Å². The molecule has 1 aliphatic carbocycles. The van der Waals surface area contributed by atoms with Gasteiger partial charge in [-0.05, 0) is 62.4 Å². The number of aromatic nitrogens is 2. The minimum atomic E-state index is -1.04. The van der Waals surface area contributed by atoms with Crippen molar-refractivity contribution in [2.24, 2.45) is 5.92 Å². The molecule has 43 heavy (non-hydrogen) atoms. The predicted molar refractivity (Wildman–Crippen MR) is 163 cm³/mol. The number of piperazine rings is 1. The molecule has 0 amide bonds. The third-order valence-electron chi connectivity index (χ3n) is 8.49. The number of carboxylic acids is 1. The van der Waals surface area contributed by atoms with Crippen molar-refractivity contribution in [3.8, 4) is 11.3 Å². The Balaban J connectivity index is 1.24. The molecule has 6 rings (SSSR count). The van der Waals surface area contributed by atoms with E-state index >= 15 is 4.39 Å². The van der Waals surface area contributed by atoms with Crippen LogP contribution in [0.15, 0.2) is 65.6 Å². The van der Waals surface area contributed by atoms with Gasteiger partial charge in [-0.25, -0.2) is 14.2 Å². The summed E-state index contributed by atoms with van der Waals surface area (Å²) in [5.74, 6) is -0.993. The summed E-state index contributed by atoms with van der Waals surface area (Å²) in [5, 5.41) is 23.3. The fourth-order valence-electron chi connectivity index (χ4n) is 5.90. The number of hydrogen-bond acceptors (Lipinski definition) is 7. The second-order valence-electron chi connectivity index (χ2n) is 11.7. The molecule has 9 nitrogen and oxygen atoms in total. The second kappa shape index (κ2) is 11.9. The monoisotopic (exact) mass is 585 g/mol. The predicted octanol–water partition coefficient (Wildman–Crippen LogP) is 4.53. The maximum atomic E-state index is 15.4. The SMILES string of the molecule is Cc1cc([C@@H](C)Nc2ccccc2C(=O)O)c2nc(-c3ccc(CN4CCN(C(O)C5CC5)CC4)c(F)c3)cc(=O)n2c1. The molecule has 2 aromatic heterocycles. The number of carbonyl (C=O) groups is 1. The van der Waals surface area contributed by atoms with Crippen molar-refractivity contribution < 1.29 is 19.4 Å². The summed E-state index contributed by atoms with van der Waals surface area (Å²) in [7, 11) is 0. The molecule has 1 unspecified atom stereocenters. The van der Waals surface area contributed by atoms with Crippen molar-refractivity contribution in [3.05, 3.63) is 99.2 Å².